The molecule has 4 nitrogen and oxygen atoms in total. The third kappa shape index (κ3) is 2.20. The van der Waals surface area contributed by atoms with Gasteiger partial charge in [0.2, 0.25) is 5.91 Å². The largest absolute Gasteiger partial charge is 0.480 e. The maximum atomic E-state index is 12.0. The number of amides is 1. The van der Waals surface area contributed by atoms with Crippen LogP contribution < -0.4 is 0 Å². The molecular formula is C9H15NO3S. The van der Waals surface area contributed by atoms with Gasteiger partial charge < -0.3 is 10.0 Å². The Morgan fingerprint density at radius 2 is 2.50 bits per heavy atom. The van der Waals surface area contributed by atoms with Crippen molar-refractivity contribution in [3.8, 4) is 0 Å². The average Bonchev–Trinajstić information content (AvgIpc) is 2.49. The fourth-order valence-electron chi connectivity index (χ4n) is 1.21. The van der Waals surface area contributed by atoms with Gasteiger partial charge in [0, 0.05) is 20.9 Å². The molecule has 0 aromatic rings. The number of carbonyl (C=O) groups is 2. The molecule has 0 aromatic heterocycles. The molecule has 0 aromatic carbocycles. The van der Waals surface area contributed by atoms with E-state index in [-0.39, 0.29) is 18.6 Å². The molecule has 80 valence electrons. The van der Waals surface area contributed by atoms with Crippen molar-refractivity contribution < 1.29 is 18.8 Å². The highest BCUT2D eigenvalue weighted by Gasteiger charge is 2.35. The predicted molar refractivity (Wildman–Crippen MR) is 55.4 cm³/mol. The Bertz CT molecular complexity index is 352. The first-order valence-electron chi connectivity index (χ1n) is 5.85. The second kappa shape index (κ2) is 4.68. The monoisotopic (exact) mass is 220 g/mol. The van der Waals surface area contributed by atoms with Gasteiger partial charge in [-0.1, -0.05) is 6.92 Å². The molecule has 1 aliphatic heterocycles. The Kier molecular flexibility index (Phi) is 2.53. The van der Waals surface area contributed by atoms with Gasteiger partial charge >= 0.3 is 5.97 Å². The second-order valence-electron chi connectivity index (χ2n) is 3.17. The van der Waals surface area contributed by atoms with Crippen LogP contribution in [-0.4, -0.2) is 40.2 Å². The van der Waals surface area contributed by atoms with Crippen LogP contribution in [0, 0.1) is 5.92 Å². The van der Waals surface area contributed by atoms with Crippen LogP contribution in [0.4, 0.5) is 0 Å². The fraction of sp³-hybridized carbons (Fsp3) is 0.778. The van der Waals surface area contributed by atoms with Gasteiger partial charge in [-0.25, -0.2) is 4.79 Å². The first-order chi connectivity index (χ1) is 7.66. The minimum absolute atomic E-state index is 0.145. The van der Waals surface area contributed by atoms with Crippen molar-refractivity contribution in [2.45, 2.75) is 25.8 Å². The number of hydrogen-bond acceptors (Lipinski definition) is 3. The summed E-state index contributed by atoms with van der Waals surface area (Å²) in [6.07, 6.45) is -0.353. The summed E-state index contributed by atoms with van der Waals surface area (Å²) >= 11 is 3.93. The molecule has 0 spiro atoms. The number of carboxylic acids is 1. The summed E-state index contributed by atoms with van der Waals surface area (Å²) in [5.74, 6) is -2.62. The second-order valence-corrected chi connectivity index (χ2v) is 3.53. The molecule has 1 rings (SSSR count). The highest BCUT2D eigenvalue weighted by atomic mass is 32.1. The molecule has 1 N–H and O–H groups in total. The van der Waals surface area contributed by atoms with Crippen molar-refractivity contribution in [1.29, 1.82) is 0 Å². The maximum Gasteiger partial charge on any atom is 0.326 e. The zero-order valence-corrected chi connectivity index (χ0v) is 8.75. The van der Waals surface area contributed by atoms with E-state index in [0.29, 0.717) is 4.90 Å². The summed E-state index contributed by atoms with van der Waals surface area (Å²) in [5, 5.41) is 9.01. The van der Waals surface area contributed by atoms with Gasteiger partial charge in [-0.2, -0.15) is 12.6 Å². The van der Waals surface area contributed by atoms with Gasteiger partial charge in [0.15, 0.2) is 0 Å². The minimum Gasteiger partial charge on any atom is -0.480 e. The minimum atomic E-state index is -2.21. The van der Waals surface area contributed by atoms with Crippen molar-refractivity contribution in [2.75, 3.05) is 12.2 Å². The van der Waals surface area contributed by atoms with E-state index in [4.69, 9.17) is 9.22 Å². The van der Waals surface area contributed by atoms with Gasteiger partial charge in [-0.05, 0) is 12.8 Å². The molecule has 0 unspecified atom stereocenters. The number of carbonyl (C=O) groups excluding carboxylic acids is 1. The first kappa shape index (κ1) is 7.56. The number of thiol groups is 1. The topological polar surface area (TPSA) is 57.6 Å². The predicted octanol–water partition coefficient (Wildman–Crippen LogP) is 0.628. The number of nitrogens with zero attached hydrogens (tertiary/aromatic N) is 1. The van der Waals surface area contributed by atoms with Crippen LogP contribution in [0.3, 0.4) is 0 Å². The lowest BCUT2D eigenvalue weighted by Gasteiger charge is -2.24. The maximum absolute atomic E-state index is 12.0. The van der Waals surface area contributed by atoms with Crippen LogP contribution in [0.5, 0.6) is 0 Å². The Balaban J connectivity index is 3.13. The molecule has 0 saturated carbocycles. The highest BCUT2D eigenvalue weighted by molar-refractivity contribution is 7.80. The van der Waals surface area contributed by atoms with Crippen molar-refractivity contribution in [2.24, 2.45) is 5.92 Å². The number of rotatable bonds is 3. The van der Waals surface area contributed by atoms with Crippen molar-refractivity contribution in [3.63, 3.8) is 0 Å². The highest BCUT2D eigenvalue weighted by Crippen LogP contribution is 2.20. The normalized spacial score (nSPS) is 35.6. The summed E-state index contributed by atoms with van der Waals surface area (Å²) < 4.78 is 23.1. The number of aliphatic carboxylic acids is 1. The Morgan fingerprint density at radius 1 is 1.86 bits per heavy atom. The average molecular weight is 220 g/mol. The molecule has 5 heteroatoms. The Labute approximate surface area is 92.9 Å². The number of likely N-dealkylation sites (tertiary alicyclic amines) is 1. The smallest absolute Gasteiger partial charge is 0.326 e. The van der Waals surface area contributed by atoms with Crippen LogP contribution in [0.15, 0.2) is 0 Å². The zero-order chi connectivity index (χ0) is 13.4. The van der Waals surface area contributed by atoms with E-state index < -0.39 is 30.3 Å². The van der Waals surface area contributed by atoms with E-state index in [1.807, 2.05) is 0 Å². The van der Waals surface area contributed by atoms with Gasteiger partial charge in [-0.15, -0.1) is 0 Å². The van der Waals surface area contributed by atoms with Crippen LogP contribution in [-0.2, 0) is 9.59 Å². The Morgan fingerprint density at radius 3 is 3.00 bits per heavy atom. The van der Waals surface area contributed by atoms with Gasteiger partial charge in [-0.3, -0.25) is 4.79 Å². The van der Waals surface area contributed by atoms with E-state index in [9.17, 15) is 9.59 Å². The lowest BCUT2D eigenvalue weighted by atomic mass is 10.1. The summed E-state index contributed by atoms with van der Waals surface area (Å²) in [6.45, 7) is -0.555. The van der Waals surface area contributed by atoms with Crippen LogP contribution in [0.25, 0.3) is 0 Å². The molecule has 1 heterocycles. The fourth-order valence-corrected chi connectivity index (χ4v) is 1.36. The molecule has 0 bridgehead atoms. The Hall–Kier alpha value is -0.710. The van der Waals surface area contributed by atoms with Crippen molar-refractivity contribution in [1.82, 2.24) is 4.90 Å². The van der Waals surface area contributed by atoms with Crippen LogP contribution >= 0.6 is 12.6 Å². The van der Waals surface area contributed by atoms with E-state index >= 15 is 0 Å². The zero-order valence-electron chi connectivity index (χ0n) is 10.9. The summed E-state index contributed by atoms with van der Waals surface area (Å²) in [6, 6.07) is -2.21. The molecular weight excluding hydrogens is 202 g/mol. The summed E-state index contributed by atoms with van der Waals surface area (Å²) in [5.41, 5.74) is 0. The molecule has 1 fully saturated rings. The molecule has 1 saturated heterocycles. The summed E-state index contributed by atoms with van der Waals surface area (Å²) in [7, 11) is 0. The standard InChI is InChI=1S/C9H15NO3S/c1-6(5-14)8(11)10-4-2-3-7(10)9(12)13/h6-7,14H,2-5H2,1H3,(H,12,13)/t6-,7-/m1/s1/i4D2,7D. The number of hydrogen-bond donors (Lipinski definition) is 2. The van der Waals surface area contributed by atoms with E-state index in [1.54, 1.807) is 0 Å². The molecule has 1 amide bonds. The van der Waals surface area contributed by atoms with Gasteiger partial charge in [0.05, 0.1) is 1.37 Å². The molecule has 14 heavy (non-hydrogen) atoms. The van der Waals surface area contributed by atoms with E-state index in [0.717, 1.165) is 0 Å². The lowest BCUT2D eigenvalue weighted by molar-refractivity contribution is -0.149. The molecule has 0 aliphatic carbocycles. The van der Waals surface area contributed by atoms with Gasteiger partial charge in [0.1, 0.15) is 6.02 Å². The quantitative estimate of drug-likeness (QED) is 0.686. The molecule has 2 atom stereocenters. The number of carboxylic acid groups (broad SMARTS) is 1. The van der Waals surface area contributed by atoms with Gasteiger partial charge in [0.25, 0.3) is 0 Å². The van der Waals surface area contributed by atoms with E-state index in [1.165, 1.54) is 6.92 Å². The lowest BCUT2D eigenvalue weighted by Crippen LogP contribution is -2.43. The third-order valence-electron chi connectivity index (χ3n) is 2.06. The van der Waals surface area contributed by atoms with Crippen LogP contribution in [0.2, 0.25) is 0 Å². The first-order valence-corrected chi connectivity index (χ1v) is 4.98. The van der Waals surface area contributed by atoms with Crippen molar-refractivity contribution >= 4 is 24.5 Å². The molecule has 0 radical (unpaired) electrons. The SMILES string of the molecule is [2H]C1([2H])CC[C@]([2H])(C(=O)O)N1C(=O)[C@H](C)CS. The summed E-state index contributed by atoms with van der Waals surface area (Å²) in [4.78, 5) is 23.6. The third-order valence-corrected chi connectivity index (χ3v) is 2.61. The molecule has 1 aliphatic rings. The van der Waals surface area contributed by atoms with E-state index in [2.05, 4.69) is 12.6 Å². The van der Waals surface area contributed by atoms with Crippen molar-refractivity contribution in [3.05, 3.63) is 0 Å². The van der Waals surface area contributed by atoms with Crippen LogP contribution in [0.1, 0.15) is 23.9 Å².